The van der Waals surface area contributed by atoms with Gasteiger partial charge in [-0.05, 0) is 18.2 Å². The van der Waals surface area contributed by atoms with E-state index in [4.69, 9.17) is 4.74 Å². The highest BCUT2D eigenvalue weighted by atomic mass is 16.5. The monoisotopic (exact) mass is 295 g/mol. The fourth-order valence-electron chi connectivity index (χ4n) is 3.29. The fraction of sp³-hybridized carbons (Fsp3) is 0.353. The predicted octanol–water partition coefficient (Wildman–Crippen LogP) is 2.48. The molecular formula is C17H17N3O2. The van der Waals surface area contributed by atoms with Crippen LogP contribution in [0.4, 0.5) is 5.95 Å². The molecule has 0 unspecified atom stereocenters. The fourth-order valence-corrected chi connectivity index (χ4v) is 3.29. The Morgan fingerprint density at radius 2 is 1.77 bits per heavy atom. The lowest BCUT2D eigenvalue weighted by molar-refractivity contribution is 0.0230. The van der Waals surface area contributed by atoms with Crippen molar-refractivity contribution >= 4 is 11.7 Å². The first-order chi connectivity index (χ1) is 10.8. The van der Waals surface area contributed by atoms with E-state index >= 15 is 0 Å². The number of hydrogen-bond acceptors (Lipinski definition) is 5. The molecule has 22 heavy (non-hydrogen) atoms. The number of nitrogens with zero attached hydrogens (tertiary/aromatic N) is 3. The molecule has 1 spiro atoms. The van der Waals surface area contributed by atoms with E-state index < -0.39 is 0 Å². The van der Waals surface area contributed by atoms with E-state index in [2.05, 4.69) is 14.9 Å². The van der Waals surface area contributed by atoms with Crippen LogP contribution >= 0.6 is 0 Å². The molecule has 1 aromatic heterocycles. The molecule has 2 aliphatic heterocycles. The van der Waals surface area contributed by atoms with E-state index in [1.54, 1.807) is 12.4 Å². The molecule has 3 heterocycles. The number of fused-ring (bicyclic) bond motifs is 1. The number of Topliss-reactive ketones (excluding diaryl/α,β-unsaturated/α-hetero) is 1. The average Bonchev–Trinajstić information content (AvgIpc) is 2.56. The molecule has 1 fully saturated rings. The summed E-state index contributed by atoms with van der Waals surface area (Å²) in [6, 6.07) is 9.35. The SMILES string of the molecule is O=C1CC2(CCN(c3ncccn3)CC2)Oc2ccccc21. The first-order valence-electron chi connectivity index (χ1n) is 7.59. The van der Waals surface area contributed by atoms with E-state index in [0.717, 1.165) is 37.6 Å². The second-order valence-electron chi connectivity index (χ2n) is 5.92. The van der Waals surface area contributed by atoms with E-state index in [-0.39, 0.29) is 11.4 Å². The molecule has 5 nitrogen and oxygen atoms in total. The minimum absolute atomic E-state index is 0.186. The molecule has 1 saturated heterocycles. The number of rotatable bonds is 1. The molecule has 0 aliphatic carbocycles. The Labute approximate surface area is 129 Å². The molecule has 1 aromatic carbocycles. The average molecular weight is 295 g/mol. The maximum Gasteiger partial charge on any atom is 0.225 e. The van der Waals surface area contributed by atoms with Crippen molar-refractivity contribution in [2.45, 2.75) is 24.9 Å². The van der Waals surface area contributed by atoms with Crippen molar-refractivity contribution in [2.75, 3.05) is 18.0 Å². The predicted molar refractivity (Wildman–Crippen MR) is 82.2 cm³/mol. The molecule has 0 amide bonds. The van der Waals surface area contributed by atoms with E-state index in [1.807, 2.05) is 30.3 Å². The molecule has 4 rings (SSSR count). The van der Waals surface area contributed by atoms with Crippen LogP contribution in [0.25, 0.3) is 0 Å². The van der Waals surface area contributed by atoms with Gasteiger partial charge in [0.15, 0.2) is 5.78 Å². The van der Waals surface area contributed by atoms with Crippen LogP contribution in [-0.2, 0) is 0 Å². The van der Waals surface area contributed by atoms with Gasteiger partial charge < -0.3 is 9.64 Å². The summed E-state index contributed by atoms with van der Waals surface area (Å²) < 4.78 is 6.23. The van der Waals surface area contributed by atoms with Gasteiger partial charge >= 0.3 is 0 Å². The number of hydrogen-bond donors (Lipinski definition) is 0. The largest absolute Gasteiger partial charge is 0.486 e. The van der Waals surface area contributed by atoms with Crippen molar-refractivity contribution in [2.24, 2.45) is 0 Å². The van der Waals surface area contributed by atoms with Crippen LogP contribution < -0.4 is 9.64 Å². The minimum atomic E-state index is -0.364. The Bertz CT molecular complexity index is 694. The Kier molecular flexibility index (Phi) is 3.06. The highest BCUT2D eigenvalue weighted by Crippen LogP contribution is 2.39. The number of para-hydroxylation sites is 1. The molecule has 5 heteroatoms. The normalized spacial score (nSPS) is 19.6. The van der Waals surface area contributed by atoms with Crippen molar-refractivity contribution < 1.29 is 9.53 Å². The minimum Gasteiger partial charge on any atom is -0.486 e. The summed E-state index contributed by atoms with van der Waals surface area (Å²) in [6.07, 6.45) is 5.59. The highest BCUT2D eigenvalue weighted by molar-refractivity contribution is 6.00. The van der Waals surface area contributed by atoms with Crippen molar-refractivity contribution in [1.29, 1.82) is 0 Å². The maximum absolute atomic E-state index is 12.4. The Morgan fingerprint density at radius 3 is 2.55 bits per heavy atom. The Morgan fingerprint density at radius 1 is 1.05 bits per heavy atom. The molecule has 0 bridgehead atoms. The van der Waals surface area contributed by atoms with Crippen molar-refractivity contribution in [1.82, 2.24) is 9.97 Å². The van der Waals surface area contributed by atoms with Crippen LogP contribution in [0.3, 0.4) is 0 Å². The van der Waals surface area contributed by atoms with Crippen LogP contribution in [0.15, 0.2) is 42.7 Å². The first kappa shape index (κ1) is 13.2. The standard InChI is InChI=1S/C17H17N3O2/c21-14-12-17(22-15-5-2-1-4-13(14)15)6-10-20(11-7-17)16-18-8-3-9-19-16/h1-5,8-9H,6-7,10-12H2. The number of benzene rings is 1. The number of carbonyl (C=O) groups is 1. The quantitative estimate of drug-likeness (QED) is 0.809. The third-order valence-corrected chi connectivity index (χ3v) is 4.51. The topological polar surface area (TPSA) is 55.3 Å². The number of aromatic nitrogens is 2. The summed E-state index contributed by atoms with van der Waals surface area (Å²) >= 11 is 0. The first-order valence-corrected chi connectivity index (χ1v) is 7.59. The summed E-state index contributed by atoms with van der Waals surface area (Å²) in [4.78, 5) is 23.1. The third kappa shape index (κ3) is 2.22. The molecule has 0 atom stereocenters. The summed E-state index contributed by atoms with van der Waals surface area (Å²) in [7, 11) is 0. The summed E-state index contributed by atoms with van der Waals surface area (Å²) in [5.41, 5.74) is 0.346. The van der Waals surface area contributed by atoms with Gasteiger partial charge in [0.2, 0.25) is 5.95 Å². The van der Waals surface area contributed by atoms with Crippen molar-refractivity contribution in [3.63, 3.8) is 0 Å². The van der Waals surface area contributed by atoms with Crippen LogP contribution in [-0.4, -0.2) is 34.4 Å². The second-order valence-corrected chi connectivity index (χ2v) is 5.92. The van der Waals surface area contributed by atoms with Crippen LogP contribution in [0.2, 0.25) is 0 Å². The van der Waals surface area contributed by atoms with E-state index in [9.17, 15) is 4.79 Å². The molecule has 0 radical (unpaired) electrons. The van der Waals surface area contributed by atoms with Crippen LogP contribution in [0.1, 0.15) is 29.6 Å². The van der Waals surface area contributed by atoms with Gasteiger partial charge in [-0.25, -0.2) is 9.97 Å². The van der Waals surface area contributed by atoms with Gasteiger partial charge in [-0.3, -0.25) is 4.79 Å². The van der Waals surface area contributed by atoms with Gasteiger partial charge in [0.25, 0.3) is 0 Å². The third-order valence-electron chi connectivity index (χ3n) is 4.51. The lowest BCUT2D eigenvalue weighted by Crippen LogP contribution is -2.51. The number of ketones is 1. The zero-order valence-electron chi connectivity index (χ0n) is 12.2. The van der Waals surface area contributed by atoms with Crippen molar-refractivity contribution in [3.8, 4) is 5.75 Å². The summed E-state index contributed by atoms with van der Waals surface area (Å²) in [5.74, 6) is 1.66. The van der Waals surface area contributed by atoms with Gasteiger partial charge in [-0.2, -0.15) is 0 Å². The maximum atomic E-state index is 12.4. The lowest BCUT2D eigenvalue weighted by Gasteiger charge is -2.43. The van der Waals surface area contributed by atoms with Crippen molar-refractivity contribution in [3.05, 3.63) is 48.3 Å². The molecule has 2 aromatic rings. The number of anilines is 1. The molecule has 0 N–H and O–H groups in total. The van der Waals surface area contributed by atoms with Crippen LogP contribution in [0.5, 0.6) is 5.75 Å². The second kappa shape index (κ2) is 5.09. The van der Waals surface area contributed by atoms with Gasteiger partial charge in [0.1, 0.15) is 11.4 Å². The van der Waals surface area contributed by atoms with Gasteiger partial charge in [-0.1, -0.05) is 12.1 Å². The molecule has 2 aliphatic rings. The summed E-state index contributed by atoms with van der Waals surface area (Å²) in [5, 5.41) is 0. The lowest BCUT2D eigenvalue weighted by atomic mass is 9.82. The van der Waals surface area contributed by atoms with E-state index in [0.29, 0.717) is 12.0 Å². The molecule has 0 saturated carbocycles. The van der Waals surface area contributed by atoms with E-state index in [1.165, 1.54) is 0 Å². The smallest absolute Gasteiger partial charge is 0.225 e. The zero-order valence-corrected chi connectivity index (χ0v) is 12.2. The van der Waals surface area contributed by atoms with Gasteiger partial charge in [0.05, 0.1) is 12.0 Å². The Hall–Kier alpha value is -2.43. The van der Waals surface area contributed by atoms with Gasteiger partial charge in [0, 0.05) is 38.3 Å². The number of piperidine rings is 1. The molecular weight excluding hydrogens is 278 g/mol. The molecule has 112 valence electrons. The van der Waals surface area contributed by atoms with Crippen LogP contribution in [0, 0.1) is 0 Å². The Balaban J connectivity index is 1.53. The van der Waals surface area contributed by atoms with Gasteiger partial charge in [-0.15, -0.1) is 0 Å². The summed E-state index contributed by atoms with van der Waals surface area (Å²) in [6.45, 7) is 1.61. The number of carbonyl (C=O) groups excluding carboxylic acids is 1. The zero-order chi connectivity index (χ0) is 15.0. The number of ether oxygens (including phenoxy) is 1. The highest BCUT2D eigenvalue weighted by Gasteiger charge is 2.43.